The summed E-state index contributed by atoms with van der Waals surface area (Å²) >= 11 is 6.01. The molecule has 0 aliphatic carbocycles. The van der Waals surface area contributed by atoms with Crippen LogP contribution in [0, 0.1) is 6.92 Å². The van der Waals surface area contributed by atoms with Gasteiger partial charge in [0, 0.05) is 17.1 Å². The summed E-state index contributed by atoms with van der Waals surface area (Å²) in [6.45, 7) is 2.60. The van der Waals surface area contributed by atoms with E-state index >= 15 is 0 Å². The molecule has 0 saturated carbocycles. The molecule has 1 unspecified atom stereocenters. The number of carbonyl (C=O) groups is 1. The van der Waals surface area contributed by atoms with Crippen molar-refractivity contribution in [1.29, 1.82) is 0 Å². The topological polar surface area (TPSA) is 49.3 Å². The summed E-state index contributed by atoms with van der Waals surface area (Å²) in [6.07, 6.45) is 0.0388. The standard InChI is InChI=1S/C17H16ClNO2/c1-10-2-5-13(18)9-14(10)16(20)12-4-3-11-6-7-19-17(21)15(11)8-12/h2-5,8-9,16,20H,6-7H2,1H3,(H,19,21). The monoisotopic (exact) mass is 301 g/mol. The van der Waals surface area contributed by atoms with E-state index in [4.69, 9.17) is 11.6 Å². The second-order valence-electron chi connectivity index (χ2n) is 5.33. The molecule has 0 fully saturated rings. The van der Waals surface area contributed by atoms with Gasteiger partial charge in [0.15, 0.2) is 0 Å². The molecule has 1 atom stereocenters. The number of aryl methyl sites for hydroxylation is 1. The quantitative estimate of drug-likeness (QED) is 0.896. The third-order valence-electron chi connectivity index (χ3n) is 3.91. The van der Waals surface area contributed by atoms with Gasteiger partial charge in [0.2, 0.25) is 0 Å². The second kappa shape index (κ2) is 5.51. The van der Waals surface area contributed by atoms with Crippen LogP contribution in [0.1, 0.15) is 38.7 Å². The predicted octanol–water partition coefficient (Wildman–Crippen LogP) is 3.02. The maximum absolute atomic E-state index is 11.9. The van der Waals surface area contributed by atoms with E-state index in [1.54, 1.807) is 18.2 Å². The highest BCUT2D eigenvalue weighted by molar-refractivity contribution is 6.30. The van der Waals surface area contributed by atoms with E-state index in [1.807, 2.05) is 25.1 Å². The van der Waals surface area contributed by atoms with Crippen LogP contribution in [-0.4, -0.2) is 17.6 Å². The zero-order valence-corrected chi connectivity index (χ0v) is 12.4. The number of aliphatic hydroxyl groups excluding tert-OH is 1. The Morgan fingerprint density at radius 3 is 2.86 bits per heavy atom. The first kappa shape index (κ1) is 14.1. The Morgan fingerprint density at radius 2 is 2.05 bits per heavy atom. The number of carbonyl (C=O) groups excluding carboxylic acids is 1. The molecule has 0 saturated heterocycles. The van der Waals surface area contributed by atoms with E-state index in [0.717, 1.165) is 23.1 Å². The normalized spacial score (nSPS) is 15.3. The minimum absolute atomic E-state index is 0.0758. The number of hydrogen-bond donors (Lipinski definition) is 2. The molecule has 1 aliphatic heterocycles. The van der Waals surface area contributed by atoms with Crippen LogP contribution < -0.4 is 5.32 Å². The third-order valence-corrected chi connectivity index (χ3v) is 4.15. The number of benzene rings is 2. The Morgan fingerprint density at radius 1 is 1.24 bits per heavy atom. The second-order valence-corrected chi connectivity index (χ2v) is 5.76. The smallest absolute Gasteiger partial charge is 0.251 e. The maximum atomic E-state index is 11.9. The van der Waals surface area contributed by atoms with Crippen LogP contribution in [0.25, 0.3) is 0 Å². The summed E-state index contributed by atoms with van der Waals surface area (Å²) in [6, 6.07) is 11.0. The van der Waals surface area contributed by atoms with Gasteiger partial charge in [-0.25, -0.2) is 0 Å². The van der Waals surface area contributed by atoms with Gasteiger partial charge in [-0.3, -0.25) is 4.79 Å². The molecule has 0 bridgehead atoms. The maximum Gasteiger partial charge on any atom is 0.251 e. The lowest BCUT2D eigenvalue weighted by molar-refractivity contribution is 0.0945. The molecule has 4 heteroatoms. The number of nitrogens with one attached hydrogen (secondary N) is 1. The molecule has 3 nitrogen and oxygen atoms in total. The summed E-state index contributed by atoms with van der Waals surface area (Å²) in [4.78, 5) is 11.9. The van der Waals surface area contributed by atoms with Crippen LogP contribution in [0.4, 0.5) is 0 Å². The zero-order chi connectivity index (χ0) is 15.0. The van der Waals surface area contributed by atoms with Gasteiger partial charge in [-0.15, -0.1) is 0 Å². The lowest BCUT2D eigenvalue weighted by atomic mass is 9.92. The van der Waals surface area contributed by atoms with E-state index in [9.17, 15) is 9.90 Å². The van der Waals surface area contributed by atoms with Crippen molar-refractivity contribution in [3.63, 3.8) is 0 Å². The predicted molar refractivity (Wildman–Crippen MR) is 82.7 cm³/mol. The molecule has 0 aromatic heterocycles. The summed E-state index contributed by atoms with van der Waals surface area (Å²) in [5.74, 6) is -0.0758. The highest BCUT2D eigenvalue weighted by Crippen LogP contribution is 2.29. The number of rotatable bonds is 2. The summed E-state index contributed by atoms with van der Waals surface area (Å²) in [5, 5.41) is 14.0. The average molecular weight is 302 g/mol. The van der Waals surface area contributed by atoms with Gasteiger partial charge in [0.05, 0.1) is 0 Å². The van der Waals surface area contributed by atoms with E-state index in [1.165, 1.54) is 0 Å². The highest BCUT2D eigenvalue weighted by atomic mass is 35.5. The minimum Gasteiger partial charge on any atom is -0.384 e. The van der Waals surface area contributed by atoms with E-state index in [-0.39, 0.29) is 5.91 Å². The average Bonchev–Trinajstić information content (AvgIpc) is 2.49. The van der Waals surface area contributed by atoms with E-state index in [0.29, 0.717) is 22.7 Å². The van der Waals surface area contributed by atoms with Gasteiger partial charge in [-0.05, 0) is 53.8 Å². The molecular weight excluding hydrogens is 286 g/mol. The molecule has 1 aliphatic rings. The molecule has 3 rings (SSSR count). The first-order valence-corrected chi connectivity index (χ1v) is 7.29. The van der Waals surface area contributed by atoms with Crippen molar-refractivity contribution >= 4 is 17.5 Å². The summed E-state index contributed by atoms with van der Waals surface area (Å²) in [7, 11) is 0. The van der Waals surface area contributed by atoms with Crippen LogP contribution in [0.3, 0.4) is 0 Å². The fraction of sp³-hybridized carbons (Fsp3) is 0.235. The van der Waals surface area contributed by atoms with Crippen molar-refractivity contribution in [2.24, 2.45) is 0 Å². The Balaban J connectivity index is 2.02. The van der Waals surface area contributed by atoms with Gasteiger partial charge < -0.3 is 10.4 Å². The van der Waals surface area contributed by atoms with Gasteiger partial charge in [0.1, 0.15) is 6.10 Å². The van der Waals surface area contributed by atoms with Crippen LogP contribution in [0.5, 0.6) is 0 Å². The molecule has 0 spiro atoms. The SMILES string of the molecule is Cc1ccc(Cl)cc1C(O)c1ccc2c(c1)C(=O)NCC2. The Hall–Kier alpha value is -1.84. The van der Waals surface area contributed by atoms with Crippen LogP contribution in [-0.2, 0) is 6.42 Å². The van der Waals surface area contributed by atoms with Gasteiger partial charge >= 0.3 is 0 Å². The number of hydrogen-bond acceptors (Lipinski definition) is 2. The largest absolute Gasteiger partial charge is 0.384 e. The van der Waals surface area contributed by atoms with Gasteiger partial charge in [-0.2, -0.15) is 0 Å². The summed E-state index contributed by atoms with van der Waals surface area (Å²) in [5.41, 5.74) is 4.11. The van der Waals surface area contributed by atoms with Crippen molar-refractivity contribution < 1.29 is 9.90 Å². The Bertz CT molecular complexity index is 712. The first-order valence-electron chi connectivity index (χ1n) is 6.91. The summed E-state index contributed by atoms with van der Waals surface area (Å²) < 4.78 is 0. The molecule has 1 amide bonds. The lowest BCUT2D eigenvalue weighted by Crippen LogP contribution is -2.31. The molecule has 21 heavy (non-hydrogen) atoms. The Kier molecular flexibility index (Phi) is 3.70. The van der Waals surface area contributed by atoms with Gasteiger partial charge in [-0.1, -0.05) is 29.8 Å². The molecule has 0 radical (unpaired) electrons. The minimum atomic E-state index is -0.788. The van der Waals surface area contributed by atoms with Crippen molar-refractivity contribution in [3.8, 4) is 0 Å². The van der Waals surface area contributed by atoms with Crippen LogP contribution in [0.15, 0.2) is 36.4 Å². The number of fused-ring (bicyclic) bond motifs is 1. The highest BCUT2D eigenvalue weighted by Gasteiger charge is 2.20. The van der Waals surface area contributed by atoms with E-state index in [2.05, 4.69) is 5.32 Å². The molecule has 108 valence electrons. The fourth-order valence-electron chi connectivity index (χ4n) is 2.68. The zero-order valence-electron chi connectivity index (χ0n) is 11.7. The number of amides is 1. The molecule has 1 heterocycles. The Labute approximate surface area is 128 Å². The third kappa shape index (κ3) is 2.67. The van der Waals surface area contributed by atoms with E-state index < -0.39 is 6.10 Å². The fourth-order valence-corrected chi connectivity index (χ4v) is 2.87. The molecular formula is C17H16ClNO2. The first-order chi connectivity index (χ1) is 10.1. The van der Waals surface area contributed by atoms with Crippen molar-refractivity contribution in [2.75, 3.05) is 6.54 Å². The lowest BCUT2D eigenvalue weighted by Gasteiger charge is -2.20. The van der Waals surface area contributed by atoms with Gasteiger partial charge in [0.25, 0.3) is 5.91 Å². The van der Waals surface area contributed by atoms with Crippen LogP contribution in [0.2, 0.25) is 5.02 Å². The van der Waals surface area contributed by atoms with Crippen molar-refractivity contribution in [2.45, 2.75) is 19.4 Å². The number of halogens is 1. The molecule has 2 aromatic carbocycles. The van der Waals surface area contributed by atoms with Crippen molar-refractivity contribution in [1.82, 2.24) is 5.32 Å². The van der Waals surface area contributed by atoms with Crippen molar-refractivity contribution in [3.05, 3.63) is 69.2 Å². The molecule has 2 N–H and O–H groups in total. The van der Waals surface area contributed by atoms with Crippen LogP contribution >= 0.6 is 11.6 Å². The number of aliphatic hydroxyl groups is 1. The molecule has 2 aromatic rings.